The number of hydrogen-bond acceptors (Lipinski definition) is 1. The minimum Gasteiger partial charge on any atom is -0.352 e. The van der Waals surface area contributed by atoms with E-state index in [9.17, 15) is 4.79 Å². The molecule has 1 N–H and O–H groups in total. The molecule has 2 heteroatoms. The lowest BCUT2D eigenvalue weighted by molar-refractivity contribution is 0.0945. The molecule has 0 aliphatic carbocycles. The molecule has 1 rings (SSSR count). The van der Waals surface area contributed by atoms with Crippen molar-refractivity contribution in [1.82, 2.24) is 5.32 Å². The van der Waals surface area contributed by atoms with Gasteiger partial charge in [0.2, 0.25) is 0 Å². The van der Waals surface area contributed by atoms with E-state index in [-0.39, 0.29) is 5.91 Å². The van der Waals surface area contributed by atoms with Crippen molar-refractivity contribution in [2.24, 2.45) is 5.92 Å². The van der Waals surface area contributed by atoms with Crippen molar-refractivity contribution in [2.45, 2.75) is 46.5 Å². The van der Waals surface area contributed by atoms with Crippen LogP contribution in [0.4, 0.5) is 0 Å². The zero-order valence-electron chi connectivity index (χ0n) is 11.8. The second-order valence-corrected chi connectivity index (χ2v) is 5.00. The standard InChI is InChI=1S/C16H25NO/c1-4-6-9-14(5-2)12-17-16(18)15-10-7-8-13(3)11-15/h7-8,10-11,14H,4-6,9,12H2,1-3H3,(H,17,18)/t14-/m1/s1. The summed E-state index contributed by atoms with van der Waals surface area (Å²) in [5.41, 5.74) is 1.89. The lowest BCUT2D eigenvalue weighted by Crippen LogP contribution is -2.29. The zero-order chi connectivity index (χ0) is 13.4. The molecule has 0 aliphatic rings. The van der Waals surface area contributed by atoms with Gasteiger partial charge in [-0.05, 0) is 31.4 Å². The predicted molar refractivity (Wildman–Crippen MR) is 76.8 cm³/mol. The lowest BCUT2D eigenvalue weighted by atomic mass is 9.99. The molecule has 0 aliphatic heterocycles. The van der Waals surface area contributed by atoms with Crippen molar-refractivity contribution < 1.29 is 4.79 Å². The van der Waals surface area contributed by atoms with Crippen LogP contribution in [-0.2, 0) is 0 Å². The summed E-state index contributed by atoms with van der Waals surface area (Å²) in [7, 11) is 0. The highest BCUT2D eigenvalue weighted by atomic mass is 16.1. The van der Waals surface area contributed by atoms with Gasteiger partial charge in [-0.25, -0.2) is 0 Å². The Morgan fingerprint density at radius 3 is 2.72 bits per heavy atom. The van der Waals surface area contributed by atoms with Crippen LogP contribution >= 0.6 is 0 Å². The summed E-state index contributed by atoms with van der Waals surface area (Å²) in [6.45, 7) is 7.20. The Morgan fingerprint density at radius 1 is 1.33 bits per heavy atom. The summed E-state index contributed by atoms with van der Waals surface area (Å²) in [6, 6.07) is 7.74. The molecule has 1 aromatic carbocycles. The monoisotopic (exact) mass is 247 g/mol. The van der Waals surface area contributed by atoms with Gasteiger partial charge in [-0.3, -0.25) is 4.79 Å². The quantitative estimate of drug-likeness (QED) is 0.777. The van der Waals surface area contributed by atoms with Crippen LogP contribution in [0.1, 0.15) is 55.5 Å². The summed E-state index contributed by atoms with van der Waals surface area (Å²) in [4.78, 5) is 12.0. The van der Waals surface area contributed by atoms with E-state index in [4.69, 9.17) is 0 Å². The van der Waals surface area contributed by atoms with Gasteiger partial charge in [-0.15, -0.1) is 0 Å². The molecule has 0 heterocycles. The van der Waals surface area contributed by atoms with Gasteiger partial charge >= 0.3 is 0 Å². The highest BCUT2D eigenvalue weighted by Gasteiger charge is 2.09. The Labute approximate surface area is 111 Å². The minimum atomic E-state index is 0.0497. The van der Waals surface area contributed by atoms with Crippen LogP contribution in [0.3, 0.4) is 0 Å². The first-order valence-electron chi connectivity index (χ1n) is 7.02. The van der Waals surface area contributed by atoms with E-state index in [1.54, 1.807) is 0 Å². The Balaban J connectivity index is 2.44. The fourth-order valence-corrected chi connectivity index (χ4v) is 2.07. The maximum Gasteiger partial charge on any atom is 0.251 e. The molecule has 2 nitrogen and oxygen atoms in total. The summed E-state index contributed by atoms with van der Waals surface area (Å²) < 4.78 is 0. The molecule has 1 aromatic rings. The fourth-order valence-electron chi connectivity index (χ4n) is 2.07. The van der Waals surface area contributed by atoms with Crippen LogP contribution < -0.4 is 5.32 Å². The van der Waals surface area contributed by atoms with E-state index in [0.29, 0.717) is 5.92 Å². The molecule has 0 unspecified atom stereocenters. The number of nitrogens with one attached hydrogen (secondary N) is 1. The molecule has 0 fully saturated rings. The van der Waals surface area contributed by atoms with Crippen molar-refractivity contribution in [3.63, 3.8) is 0 Å². The van der Waals surface area contributed by atoms with E-state index < -0.39 is 0 Å². The summed E-state index contributed by atoms with van der Waals surface area (Å²) in [5, 5.41) is 3.05. The molecule has 0 spiro atoms. The third kappa shape index (κ3) is 4.91. The zero-order valence-corrected chi connectivity index (χ0v) is 11.8. The Hall–Kier alpha value is -1.31. The third-order valence-electron chi connectivity index (χ3n) is 3.37. The number of carbonyl (C=O) groups excluding carboxylic acids is 1. The lowest BCUT2D eigenvalue weighted by Gasteiger charge is -2.15. The van der Waals surface area contributed by atoms with Crippen molar-refractivity contribution in [1.29, 1.82) is 0 Å². The molecular formula is C16H25NO. The second kappa shape index (κ2) is 7.91. The maximum atomic E-state index is 12.0. The number of unbranched alkanes of at least 4 members (excludes halogenated alkanes) is 1. The number of rotatable bonds is 7. The van der Waals surface area contributed by atoms with Gasteiger partial charge < -0.3 is 5.32 Å². The molecular weight excluding hydrogens is 222 g/mol. The normalized spacial score (nSPS) is 12.2. The SMILES string of the molecule is CCCC[C@@H](CC)CNC(=O)c1cccc(C)c1. The highest BCUT2D eigenvalue weighted by molar-refractivity contribution is 5.94. The Bertz CT molecular complexity index is 373. The van der Waals surface area contributed by atoms with Crippen LogP contribution in [0.5, 0.6) is 0 Å². The second-order valence-electron chi connectivity index (χ2n) is 5.00. The van der Waals surface area contributed by atoms with Crippen molar-refractivity contribution in [2.75, 3.05) is 6.54 Å². The van der Waals surface area contributed by atoms with Gasteiger partial charge in [-0.1, -0.05) is 50.8 Å². The van der Waals surface area contributed by atoms with Crippen LogP contribution in [0.25, 0.3) is 0 Å². The third-order valence-corrected chi connectivity index (χ3v) is 3.37. The van der Waals surface area contributed by atoms with Gasteiger partial charge in [-0.2, -0.15) is 0 Å². The van der Waals surface area contributed by atoms with Crippen LogP contribution in [0.2, 0.25) is 0 Å². The molecule has 18 heavy (non-hydrogen) atoms. The van der Waals surface area contributed by atoms with Crippen LogP contribution in [0, 0.1) is 12.8 Å². The Kier molecular flexibility index (Phi) is 6.48. The number of hydrogen-bond donors (Lipinski definition) is 1. The molecule has 1 atom stereocenters. The highest BCUT2D eigenvalue weighted by Crippen LogP contribution is 2.11. The van der Waals surface area contributed by atoms with Crippen molar-refractivity contribution in [3.8, 4) is 0 Å². The molecule has 0 aromatic heterocycles. The summed E-state index contributed by atoms with van der Waals surface area (Å²) in [5.74, 6) is 0.660. The smallest absolute Gasteiger partial charge is 0.251 e. The van der Waals surface area contributed by atoms with E-state index in [1.165, 1.54) is 19.3 Å². The van der Waals surface area contributed by atoms with Crippen molar-refractivity contribution >= 4 is 5.91 Å². The first-order valence-corrected chi connectivity index (χ1v) is 7.02. The molecule has 0 saturated carbocycles. The van der Waals surface area contributed by atoms with Gasteiger partial charge in [0.25, 0.3) is 5.91 Å². The van der Waals surface area contributed by atoms with E-state index >= 15 is 0 Å². The van der Waals surface area contributed by atoms with Gasteiger partial charge in [0.15, 0.2) is 0 Å². The van der Waals surface area contributed by atoms with E-state index in [2.05, 4.69) is 19.2 Å². The van der Waals surface area contributed by atoms with Crippen LogP contribution in [-0.4, -0.2) is 12.5 Å². The van der Waals surface area contributed by atoms with E-state index in [0.717, 1.165) is 24.1 Å². The Morgan fingerprint density at radius 2 is 2.11 bits per heavy atom. The molecule has 0 radical (unpaired) electrons. The maximum absolute atomic E-state index is 12.0. The number of aryl methyl sites for hydroxylation is 1. The topological polar surface area (TPSA) is 29.1 Å². The van der Waals surface area contributed by atoms with Gasteiger partial charge in [0.1, 0.15) is 0 Å². The van der Waals surface area contributed by atoms with Gasteiger partial charge in [0.05, 0.1) is 0 Å². The molecule has 0 bridgehead atoms. The average molecular weight is 247 g/mol. The first-order chi connectivity index (χ1) is 8.67. The largest absolute Gasteiger partial charge is 0.352 e. The van der Waals surface area contributed by atoms with E-state index in [1.807, 2.05) is 31.2 Å². The summed E-state index contributed by atoms with van der Waals surface area (Å²) in [6.07, 6.45) is 4.82. The molecule has 0 saturated heterocycles. The number of benzene rings is 1. The number of amides is 1. The fraction of sp³-hybridized carbons (Fsp3) is 0.562. The molecule has 1 amide bonds. The first kappa shape index (κ1) is 14.7. The van der Waals surface area contributed by atoms with Crippen molar-refractivity contribution in [3.05, 3.63) is 35.4 Å². The predicted octanol–water partition coefficient (Wildman–Crippen LogP) is 3.94. The average Bonchev–Trinajstić information content (AvgIpc) is 2.38. The minimum absolute atomic E-state index is 0.0497. The van der Waals surface area contributed by atoms with Crippen LogP contribution in [0.15, 0.2) is 24.3 Å². The van der Waals surface area contributed by atoms with Gasteiger partial charge in [0, 0.05) is 12.1 Å². The summed E-state index contributed by atoms with van der Waals surface area (Å²) >= 11 is 0. The molecule has 100 valence electrons. The number of carbonyl (C=O) groups is 1.